The molecule has 0 spiro atoms. The standard InChI is InChI=1S/C19H19ClO5S/c1-4-25-19(22)17(13-7-5-12(2)6-8-13)18(21)15-10-9-14(11-16(15)20)26(3,23)24/h5-11,17H,4H2,1-3H3. The van der Waals surface area contributed by atoms with E-state index in [9.17, 15) is 18.0 Å². The highest BCUT2D eigenvalue weighted by Crippen LogP contribution is 2.28. The first kappa shape index (κ1) is 20.1. The van der Waals surface area contributed by atoms with E-state index in [4.69, 9.17) is 16.3 Å². The monoisotopic (exact) mass is 394 g/mol. The van der Waals surface area contributed by atoms with Crippen molar-refractivity contribution >= 4 is 33.2 Å². The van der Waals surface area contributed by atoms with Gasteiger partial charge in [-0.05, 0) is 37.6 Å². The van der Waals surface area contributed by atoms with Crippen molar-refractivity contribution < 1.29 is 22.7 Å². The number of esters is 1. The number of Topliss-reactive ketones (excluding diaryl/α,β-unsaturated/α-hetero) is 1. The molecule has 0 aliphatic rings. The maximum absolute atomic E-state index is 13.0. The Kier molecular flexibility index (Phi) is 6.21. The molecule has 0 bridgehead atoms. The lowest BCUT2D eigenvalue weighted by molar-refractivity contribution is -0.143. The molecule has 5 nitrogen and oxygen atoms in total. The van der Waals surface area contributed by atoms with Crippen LogP contribution in [-0.4, -0.2) is 33.0 Å². The average molecular weight is 395 g/mol. The first-order valence-electron chi connectivity index (χ1n) is 7.92. The highest BCUT2D eigenvalue weighted by atomic mass is 35.5. The van der Waals surface area contributed by atoms with Crippen LogP contribution < -0.4 is 0 Å². The number of ether oxygens (including phenoxy) is 1. The summed E-state index contributed by atoms with van der Waals surface area (Å²) in [6.07, 6.45) is 1.05. The molecule has 0 saturated carbocycles. The lowest BCUT2D eigenvalue weighted by Gasteiger charge is -2.16. The lowest BCUT2D eigenvalue weighted by atomic mass is 9.90. The van der Waals surface area contributed by atoms with Gasteiger partial charge in [-0.15, -0.1) is 0 Å². The van der Waals surface area contributed by atoms with Crippen molar-refractivity contribution in [1.29, 1.82) is 0 Å². The number of carbonyl (C=O) groups is 2. The van der Waals surface area contributed by atoms with E-state index in [0.29, 0.717) is 5.56 Å². The van der Waals surface area contributed by atoms with E-state index in [0.717, 1.165) is 11.8 Å². The minimum absolute atomic E-state index is 0.00192. The molecule has 138 valence electrons. The summed E-state index contributed by atoms with van der Waals surface area (Å²) in [5, 5.41) is -0.0284. The summed E-state index contributed by atoms with van der Waals surface area (Å²) >= 11 is 6.13. The first-order valence-corrected chi connectivity index (χ1v) is 10.2. The van der Waals surface area contributed by atoms with Crippen LogP contribution in [0.25, 0.3) is 0 Å². The minimum atomic E-state index is -3.46. The summed E-state index contributed by atoms with van der Waals surface area (Å²) < 4.78 is 28.3. The third-order valence-corrected chi connectivity index (χ3v) is 5.25. The second kappa shape index (κ2) is 8.01. The molecular weight excluding hydrogens is 376 g/mol. The van der Waals surface area contributed by atoms with Crippen LogP contribution in [-0.2, 0) is 19.4 Å². The maximum atomic E-state index is 13.0. The van der Waals surface area contributed by atoms with Crippen LogP contribution in [0.2, 0.25) is 5.02 Å². The number of sulfone groups is 1. The van der Waals surface area contributed by atoms with Crippen molar-refractivity contribution in [2.75, 3.05) is 12.9 Å². The van der Waals surface area contributed by atoms with Crippen molar-refractivity contribution in [3.8, 4) is 0 Å². The fraction of sp³-hybridized carbons (Fsp3) is 0.263. The molecule has 0 saturated heterocycles. The van der Waals surface area contributed by atoms with Gasteiger partial charge in [0.2, 0.25) is 0 Å². The van der Waals surface area contributed by atoms with Gasteiger partial charge in [-0.2, -0.15) is 0 Å². The zero-order chi connectivity index (χ0) is 19.5. The molecule has 0 aliphatic carbocycles. The summed E-state index contributed by atoms with van der Waals surface area (Å²) in [5.41, 5.74) is 1.54. The Morgan fingerprint density at radius 3 is 2.23 bits per heavy atom. The van der Waals surface area contributed by atoms with Crippen molar-refractivity contribution in [2.45, 2.75) is 24.7 Å². The Labute approximate surface area is 157 Å². The molecule has 0 aliphatic heterocycles. The van der Waals surface area contributed by atoms with Gasteiger partial charge in [0, 0.05) is 11.8 Å². The Balaban J connectivity index is 2.50. The van der Waals surface area contributed by atoms with Gasteiger partial charge in [-0.25, -0.2) is 8.42 Å². The summed E-state index contributed by atoms with van der Waals surface area (Å²) in [7, 11) is -3.46. The molecular formula is C19H19ClO5S. The Hall–Kier alpha value is -2.18. The molecule has 2 aromatic rings. The van der Waals surface area contributed by atoms with Crippen molar-refractivity contribution in [2.24, 2.45) is 0 Å². The molecule has 0 amide bonds. The van der Waals surface area contributed by atoms with Gasteiger partial charge in [-0.1, -0.05) is 41.4 Å². The second-order valence-corrected chi connectivity index (χ2v) is 8.30. The molecule has 1 atom stereocenters. The first-order chi connectivity index (χ1) is 12.1. The van der Waals surface area contributed by atoms with E-state index in [1.54, 1.807) is 31.2 Å². The van der Waals surface area contributed by atoms with Gasteiger partial charge >= 0.3 is 5.97 Å². The summed E-state index contributed by atoms with van der Waals surface area (Å²) in [4.78, 5) is 25.4. The highest BCUT2D eigenvalue weighted by molar-refractivity contribution is 7.90. The van der Waals surface area contributed by atoms with Crippen LogP contribution in [0.5, 0.6) is 0 Å². The predicted octanol–water partition coefficient (Wildman–Crippen LogP) is 3.58. The van der Waals surface area contributed by atoms with Gasteiger partial charge in [0.15, 0.2) is 15.6 Å². The minimum Gasteiger partial charge on any atom is -0.465 e. The number of hydrogen-bond acceptors (Lipinski definition) is 5. The van der Waals surface area contributed by atoms with Crippen molar-refractivity contribution in [3.05, 3.63) is 64.2 Å². The molecule has 0 radical (unpaired) electrons. The highest BCUT2D eigenvalue weighted by Gasteiger charge is 2.32. The molecule has 26 heavy (non-hydrogen) atoms. The zero-order valence-electron chi connectivity index (χ0n) is 14.7. The summed E-state index contributed by atoms with van der Waals surface area (Å²) in [5.74, 6) is -2.39. The number of rotatable bonds is 6. The van der Waals surface area contributed by atoms with Gasteiger partial charge < -0.3 is 4.74 Å². The quantitative estimate of drug-likeness (QED) is 0.425. The SMILES string of the molecule is CCOC(=O)C(C(=O)c1ccc(S(C)(=O)=O)cc1Cl)c1ccc(C)cc1. The van der Waals surface area contributed by atoms with Gasteiger partial charge in [0.1, 0.15) is 5.92 Å². The van der Waals surface area contributed by atoms with Crippen LogP contribution in [0.1, 0.15) is 34.3 Å². The largest absolute Gasteiger partial charge is 0.465 e. The third kappa shape index (κ3) is 4.51. The van der Waals surface area contributed by atoms with Gasteiger partial charge in [-0.3, -0.25) is 9.59 Å². The van der Waals surface area contributed by atoms with Crippen LogP contribution in [0.4, 0.5) is 0 Å². The van der Waals surface area contributed by atoms with E-state index < -0.39 is 27.5 Å². The topological polar surface area (TPSA) is 77.5 Å². The molecule has 2 rings (SSSR count). The normalized spacial score (nSPS) is 12.5. The van der Waals surface area contributed by atoms with Gasteiger partial charge in [0.05, 0.1) is 16.5 Å². The average Bonchev–Trinajstić information content (AvgIpc) is 2.56. The molecule has 0 N–H and O–H groups in total. The van der Waals surface area contributed by atoms with Crippen LogP contribution in [0.15, 0.2) is 47.4 Å². The van der Waals surface area contributed by atoms with Crippen molar-refractivity contribution in [1.82, 2.24) is 0 Å². The van der Waals surface area contributed by atoms with Crippen LogP contribution in [0, 0.1) is 6.92 Å². The number of halogens is 1. The fourth-order valence-electron chi connectivity index (χ4n) is 2.46. The number of carbonyl (C=O) groups excluding carboxylic acids is 2. The Bertz CT molecular complexity index is 933. The van der Waals surface area contributed by atoms with E-state index in [-0.39, 0.29) is 22.1 Å². The molecule has 7 heteroatoms. The third-order valence-electron chi connectivity index (χ3n) is 3.83. The Morgan fingerprint density at radius 1 is 1.12 bits per heavy atom. The van der Waals surface area contributed by atoms with Crippen LogP contribution >= 0.6 is 11.6 Å². The number of hydrogen-bond donors (Lipinski definition) is 0. The summed E-state index contributed by atoms with van der Waals surface area (Å²) in [6.45, 7) is 3.68. The molecule has 0 heterocycles. The van der Waals surface area contributed by atoms with Gasteiger partial charge in [0.25, 0.3) is 0 Å². The molecule has 0 aromatic heterocycles. The van der Waals surface area contributed by atoms with E-state index in [2.05, 4.69) is 0 Å². The number of benzene rings is 2. The number of aryl methyl sites for hydroxylation is 1. The predicted molar refractivity (Wildman–Crippen MR) is 99.4 cm³/mol. The van der Waals surface area contributed by atoms with E-state index in [1.807, 2.05) is 6.92 Å². The molecule has 0 fully saturated rings. The smallest absolute Gasteiger partial charge is 0.321 e. The summed E-state index contributed by atoms with van der Waals surface area (Å²) in [6, 6.07) is 10.8. The second-order valence-electron chi connectivity index (χ2n) is 5.87. The molecule has 1 unspecified atom stereocenters. The Morgan fingerprint density at radius 2 is 1.73 bits per heavy atom. The number of ketones is 1. The maximum Gasteiger partial charge on any atom is 0.321 e. The molecule has 2 aromatic carbocycles. The lowest BCUT2D eigenvalue weighted by Crippen LogP contribution is -2.24. The van der Waals surface area contributed by atoms with E-state index >= 15 is 0 Å². The zero-order valence-corrected chi connectivity index (χ0v) is 16.2. The fourth-order valence-corrected chi connectivity index (χ4v) is 3.45. The van der Waals surface area contributed by atoms with Crippen LogP contribution in [0.3, 0.4) is 0 Å². The van der Waals surface area contributed by atoms with E-state index in [1.165, 1.54) is 18.2 Å². The van der Waals surface area contributed by atoms with Crippen molar-refractivity contribution in [3.63, 3.8) is 0 Å².